The molecule has 146 valence electrons. The van der Waals surface area contributed by atoms with Crippen LogP contribution in [0.5, 0.6) is 0 Å². The van der Waals surface area contributed by atoms with Gasteiger partial charge < -0.3 is 0 Å². The molecule has 7 nitrogen and oxygen atoms in total. The minimum absolute atomic E-state index is 0.0680. The second kappa shape index (κ2) is 8.87. The molecule has 1 saturated heterocycles. The Hall–Kier alpha value is -1.20. The van der Waals surface area contributed by atoms with E-state index >= 15 is 0 Å². The maximum absolute atomic E-state index is 12.8. The third-order valence-corrected chi connectivity index (χ3v) is 8.11. The SMILES string of the molecule is CCSc1nnc(NC(=O)c2cc(S(=O)(=O)N3CCCCC3)ccc2Cl)s1. The van der Waals surface area contributed by atoms with Gasteiger partial charge in [0.2, 0.25) is 15.2 Å². The molecule has 0 unspecified atom stereocenters. The minimum atomic E-state index is -3.64. The lowest BCUT2D eigenvalue weighted by molar-refractivity contribution is 0.102. The van der Waals surface area contributed by atoms with Gasteiger partial charge >= 0.3 is 0 Å². The molecule has 3 rings (SSSR count). The number of hydrogen-bond donors (Lipinski definition) is 1. The summed E-state index contributed by atoms with van der Waals surface area (Å²) in [7, 11) is -3.64. The van der Waals surface area contributed by atoms with Crippen LogP contribution in [0, 0.1) is 0 Å². The highest BCUT2D eigenvalue weighted by Gasteiger charge is 2.27. The number of thioether (sulfide) groups is 1. The summed E-state index contributed by atoms with van der Waals surface area (Å²) in [4.78, 5) is 12.7. The third kappa shape index (κ3) is 4.80. The van der Waals surface area contributed by atoms with Gasteiger partial charge in [0.25, 0.3) is 5.91 Å². The molecule has 0 atom stereocenters. The Kier molecular flexibility index (Phi) is 6.74. The van der Waals surface area contributed by atoms with Gasteiger partial charge in [-0.2, -0.15) is 4.31 Å². The molecule has 1 aliphatic rings. The Morgan fingerprint density at radius 2 is 2.04 bits per heavy atom. The van der Waals surface area contributed by atoms with E-state index in [-0.39, 0.29) is 15.5 Å². The van der Waals surface area contributed by atoms with Gasteiger partial charge in [-0.3, -0.25) is 10.1 Å². The standard InChI is InChI=1S/C16H19ClN4O3S3/c1-2-25-16-20-19-15(26-16)18-14(22)12-10-11(6-7-13(12)17)27(23,24)21-8-4-3-5-9-21/h6-7,10H,2-5,8-9H2,1H3,(H,18,19,22). The van der Waals surface area contributed by atoms with Crippen LogP contribution < -0.4 is 5.32 Å². The van der Waals surface area contributed by atoms with Gasteiger partial charge in [0.15, 0.2) is 4.34 Å². The first-order chi connectivity index (χ1) is 12.9. The smallest absolute Gasteiger partial charge is 0.259 e. The minimum Gasteiger partial charge on any atom is -0.296 e. The van der Waals surface area contributed by atoms with Gasteiger partial charge in [0.05, 0.1) is 15.5 Å². The number of rotatable bonds is 6. The van der Waals surface area contributed by atoms with Crippen LogP contribution in [-0.4, -0.2) is 47.7 Å². The summed E-state index contributed by atoms with van der Waals surface area (Å²) in [6, 6.07) is 4.19. The van der Waals surface area contributed by atoms with E-state index in [1.165, 1.54) is 45.6 Å². The van der Waals surface area contributed by atoms with Crippen LogP contribution in [0.1, 0.15) is 36.5 Å². The second-order valence-electron chi connectivity index (χ2n) is 5.87. The first-order valence-electron chi connectivity index (χ1n) is 8.49. The molecule has 0 aliphatic carbocycles. The Morgan fingerprint density at radius 3 is 2.74 bits per heavy atom. The lowest BCUT2D eigenvalue weighted by atomic mass is 10.2. The predicted octanol–water partition coefficient (Wildman–Crippen LogP) is 3.73. The monoisotopic (exact) mass is 446 g/mol. The van der Waals surface area contributed by atoms with Crippen molar-refractivity contribution in [2.24, 2.45) is 0 Å². The number of aromatic nitrogens is 2. The molecule has 1 fully saturated rings. The summed E-state index contributed by atoms with van der Waals surface area (Å²) in [6.07, 6.45) is 2.71. The van der Waals surface area contributed by atoms with Crippen LogP contribution in [0.2, 0.25) is 5.02 Å². The summed E-state index contributed by atoms with van der Waals surface area (Å²) in [5, 5.41) is 11.1. The quantitative estimate of drug-likeness (QED) is 0.536. The van der Waals surface area contributed by atoms with Crippen LogP contribution >= 0.6 is 34.7 Å². The molecular weight excluding hydrogens is 428 g/mol. The van der Waals surface area contributed by atoms with Crippen molar-refractivity contribution in [1.29, 1.82) is 0 Å². The van der Waals surface area contributed by atoms with E-state index in [4.69, 9.17) is 11.6 Å². The summed E-state index contributed by atoms with van der Waals surface area (Å²) in [5.74, 6) is 0.338. The predicted molar refractivity (Wildman–Crippen MR) is 108 cm³/mol. The molecule has 11 heteroatoms. The highest BCUT2D eigenvalue weighted by atomic mass is 35.5. The van der Waals surface area contributed by atoms with E-state index in [0.29, 0.717) is 18.2 Å². The summed E-state index contributed by atoms with van der Waals surface area (Å²) < 4.78 is 27.9. The zero-order chi connectivity index (χ0) is 19.4. The maximum atomic E-state index is 12.8. The first-order valence-corrected chi connectivity index (χ1v) is 12.1. The number of nitrogens with one attached hydrogen (secondary N) is 1. The molecule has 27 heavy (non-hydrogen) atoms. The van der Waals surface area contributed by atoms with E-state index in [9.17, 15) is 13.2 Å². The van der Waals surface area contributed by atoms with Crippen molar-refractivity contribution in [3.05, 3.63) is 28.8 Å². The lowest BCUT2D eigenvalue weighted by Gasteiger charge is -2.26. The van der Waals surface area contributed by atoms with Crippen molar-refractivity contribution in [2.75, 3.05) is 24.2 Å². The van der Waals surface area contributed by atoms with E-state index < -0.39 is 15.9 Å². The molecule has 1 aromatic carbocycles. The highest BCUT2D eigenvalue weighted by molar-refractivity contribution is 8.01. The zero-order valence-corrected chi connectivity index (χ0v) is 17.8. The second-order valence-corrected chi connectivity index (χ2v) is 10.7. The number of anilines is 1. The van der Waals surface area contributed by atoms with Crippen LogP contribution in [-0.2, 0) is 10.0 Å². The Morgan fingerprint density at radius 1 is 1.30 bits per heavy atom. The average molecular weight is 447 g/mol. The molecule has 0 spiro atoms. The molecule has 1 amide bonds. The molecule has 1 aromatic heterocycles. The van der Waals surface area contributed by atoms with Crippen molar-refractivity contribution >= 4 is 55.8 Å². The third-order valence-electron chi connectivity index (χ3n) is 4.03. The number of amides is 1. The van der Waals surface area contributed by atoms with E-state index in [2.05, 4.69) is 15.5 Å². The summed E-state index contributed by atoms with van der Waals surface area (Å²) in [6.45, 7) is 2.99. The molecule has 0 radical (unpaired) electrons. The maximum Gasteiger partial charge on any atom is 0.259 e. The molecule has 2 aromatic rings. The fourth-order valence-corrected chi connectivity index (χ4v) is 6.09. The molecule has 2 heterocycles. The molecule has 1 N–H and O–H groups in total. The molecule has 0 bridgehead atoms. The van der Waals surface area contributed by atoms with Gasteiger partial charge in [-0.15, -0.1) is 10.2 Å². The van der Waals surface area contributed by atoms with Crippen molar-refractivity contribution in [3.63, 3.8) is 0 Å². The fraction of sp³-hybridized carbons (Fsp3) is 0.438. The summed E-state index contributed by atoms with van der Waals surface area (Å²) in [5.41, 5.74) is 0.0923. The van der Waals surface area contributed by atoms with Gasteiger partial charge in [0, 0.05) is 13.1 Å². The summed E-state index contributed by atoms with van der Waals surface area (Å²) >= 11 is 8.93. The van der Waals surface area contributed by atoms with Gasteiger partial charge in [-0.05, 0) is 36.8 Å². The topological polar surface area (TPSA) is 92.3 Å². The van der Waals surface area contributed by atoms with Crippen molar-refractivity contribution in [3.8, 4) is 0 Å². The van der Waals surface area contributed by atoms with Gasteiger partial charge in [-0.1, -0.05) is 48.0 Å². The van der Waals surface area contributed by atoms with Crippen LogP contribution in [0.4, 0.5) is 5.13 Å². The number of nitrogens with zero attached hydrogens (tertiary/aromatic N) is 3. The largest absolute Gasteiger partial charge is 0.296 e. The Bertz CT molecular complexity index is 927. The number of hydrogen-bond acceptors (Lipinski definition) is 7. The normalized spacial score (nSPS) is 15.6. The Labute approximate surface area is 171 Å². The number of carbonyl (C=O) groups excluding carboxylic acids is 1. The van der Waals surface area contributed by atoms with Gasteiger partial charge in [-0.25, -0.2) is 8.42 Å². The Balaban J connectivity index is 1.82. The molecule has 1 aliphatic heterocycles. The highest BCUT2D eigenvalue weighted by Crippen LogP contribution is 2.28. The van der Waals surface area contributed by atoms with Gasteiger partial charge in [0.1, 0.15) is 0 Å². The average Bonchev–Trinajstić information content (AvgIpc) is 3.10. The fourth-order valence-electron chi connectivity index (χ4n) is 2.70. The first kappa shape index (κ1) is 20.5. The van der Waals surface area contributed by atoms with Crippen LogP contribution in [0.25, 0.3) is 0 Å². The lowest BCUT2D eigenvalue weighted by Crippen LogP contribution is -2.35. The van der Waals surface area contributed by atoms with E-state index in [1.807, 2.05) is 6.92 Å². The molecule has 0 saturated carbocycles. The number of benzene rings is 1. The number of halogens is 1. The number of sulfonamides is 1. The zero-order valence-electron chi connectivity index (χ0n) is 14.6. The van der Waals surface area contributed by atoms with Crippen molar-refractivity contribution in [1.82, 2.24) is 14.5 Å². The van der Waals surface area contributed by atoms with Crippen molar-refractivity contribution < 1.29 is 13.2 Å². The van der Waals surface area contributed by atoms with E-state index in [0.717, 1.165) is 29.4 Å². The number of carbonyl (C=O) groups is 1. The van der Waals surface area contributed by atoms with Crippen LogP contribution in [0.15, 0.2) is 27.4 Å². The number of piperidine rings is 1. The van der Waals surface area contributed by atoms with Crippen molar-refractivity contribution in [2.45, 2.75) is 35.4 Å². The molecular formula is C16H19ClN4O3S3. The van der Waals surface area contributed by atoms with Crippen LogP contribution in [0.3, 0.4) is 0 Å². The van der Waals surface area contributed by atoms with E-state index in [1.54, 1.807) is 0 Å².